The number of amides is 4. The summed E-state index contributed by atoms with van der Waals surface area (Å²) in [6.45, 7) is 0.672. The van der Waals surface area contributed by atoms with Gasteiger partial charge in [0.15, 0.2) is 23.0 Å². The normalized spacial score (nSPS) is 12.7. The molecule has 0 spiro atoms. The Bertz CT molecular complexity index is 4510. The Labute approximate surface area is 509 Å². The van der Waals surface area contributed by atoms with Crippen LogP contribution in [0.3, 0.4) is 0 Å². The minimum atomic E-state index is -0.665. The number of aromatic hydroxyl groups is 1. The molecule has 12 aromatic rings. The predicted octanol–water partition coefficient (Wildman–Crippen LogP) is 14.1. The molecule has 89 heavy (non-hydrogen) atoms. The van der Waals surface area contributed by atoms with Gasteiger partial charge in [0.2, 0.25) is 0 Å². The van der Waals surface area contributed by atoms with E-state index >= 15 is 0 Å². The van der Waals surface area contributed by atoms with Gasteiger partial charge in [0, 0.05) is 13.1 Å². The minimum absolute atomic E-state index is 0.0440. The molecule has 0 bridgehead atoms. The smallest absolute Gasteiger partial charge is 0.265 e. The number of benzene rings is 10. The van der Waals surface area contributed by atoms with Crippen LogP contribution in [0, 0.1) is 11.6 Å². The van der Waals surface area contributed by atoms with Crippen LogP contribution in [0.5, 0.6) is 23.0 Å². The van der Waals surface area contributed by atoms with Gasteiger partial charge in [-0.3, -0.25) is 29.0 Å². The van der Waals surface area contributed by atoms with Crippen LogP contribution >= 0.6 is 0 Å². The SMILES string of the molecule is COc1c2c(c(OC(c3ccccc3)c3ccccc3)c3ncn(Cc4ccccc4)c13)C(=O)N(Cc1ccc(F)cc1)C2=O.O=C1c2c(c(O)c3c(ncn3Cc3ccccc3)c2OC(c2ccccc2)c2ccccc2)C(=O)N1Cc1ccc(F)cc1. The molecule has 438 valence electrons. The molecule has 1 N–H and O–H groups in total. The van der Waals surface area contributed by atoms with E-state index in [1.54, 1.807) is 29.4 Å². The van der Waals surface area contributed by atoms with Crippen molar-refractivity contribution in [2.75, 3.05) is 7.11 Å². The number of fused-ring (bicyclic) bond motifs is 4. The lowest BCUT2D eigenvalue weighted by Crippen LogP contribution is -2.29. The summed E-state index contributed by atoms with van der Waals surface area (Å²) >= 11 is 0. The van der Waals surface area contributed by atoms with Crippen molar-refractivity contribution < 1.29 is 47.3 Å². The number of ether oxygens (including phenoxy) is 3. The molecule has 0 unspecified atom stereocenters. The quantitative estimate of drug-likeness (QED) is 0.0870. The maximum Gasteiger partial charge on any atom is 0.265 e. The summed E-state index contributed by atoms with van der Waals surface area (Å²) in [6, 6.07) is 69.3. The fourth-order valence-electron chi connectivity index (χ4n) is 11.5. The first-order valence-corrected chi connectivity index (χ1v) is 28.7. The lowest BCUT2D eigenvalue weighted by Gasteiger charge is -2.22. The molecule has 0 radical (unpaired) electrons. The average molecular weight is 1180 g/mol. The molecule has 4 heterocycles. The van der Waals surface area contributed by atoms with Gasteiger partial charge < -0.3 is 28.5 Å². The van der Waals surface area contributed by atoms with Gasteiger partial charge in [-0.05, 0) is 68.8 Å². The number of hydrogen-bond acceptors (Lipinski definition) is 10. The van der Waals surface area contributed by atoms with Crippen molar-refractivity contribution in [2.45, 2.75) is 38.4 Å². The number of halogens is 2. The molecule has 0 atom stereocenters. The van der Waals surface area contributed by atoms with Crippen molar-refractivity contribution in [3.05, 3.63) is 322 Å². The highest BCUT2D eigenvalue weighted by Crippen LogP contribution is 2.49. The molecule has 0 fully saturated rings. The highest BCUT2D eigenvalue weighted by Gasteiger charge is 2.46. The second-order valence-electron chi connectivity index (χ2n) is 21.4. The lowest BCUT2D eigenvalue weighted by atomic mass is 10.0. The van der Waals surface area contributed by atoms with E-state index in [-0.39, 0.29) is 69.4 Å². The maximum atomic E-state index is 14.2. The monoisotopic (exact) mass is 1180 g/mol. The number of imidazole rings is 2. The van der Waals surface area contributed by atoms with E-state index in [1.165, 1.54) is 43.5 Å². The standard InChI is InChI=1S/C37H28FN3O4.C36H26FN3O4/c1-44-35-30-29(36(42)41(37(30)43)22-25-17-19-28(38)20-18-25)34(31-32(35)40(23-39-31)21-24-11-5-2-6-12-24)45-33(26-13-7-3-8-14-26)27-15-9-4-10-16-27;37-27-18-16-24(17-19-27)21-40-35(42)28-29(36(40)43)34(44-33(25-12-6-2-7-13-25)26-14-8-3-9-15-26)30-31(32(28)41)39(22-38-30)20-23-10-4-1-5-11-23/h2-20,23,33H,21-22H2,1H3;1-19,22,33,41H,20-21H2. The summed E-state index contributed by atoms with van der Waals surface area (Å²) < 4.78 is 50.4. The molecule has 0 saturated heterocycles. The Morgan fingerprint density at radius 2 is 0.685 bits per heavy atom. The zero-order chi connectivity index (χ0) is 61.1. The van der Waals surface area contributed by atoms with Crippen LogP contribution in [0.1, 0.15) is 98.1 Å². The van der Waals surface area contributed by atoms with Gasteiger partial charge in [-0.1, -0.05) is 206 Å². The number of methoxy groups -OCH3 is 1. The van der Waals surface area contributed by atoms with Crippen molar-refractivity contribution >= 4 is 45.7 Å². The summed E-state index contributed by atoms with van der Waals surface area (Å²) in [7, 11) is 1.48. The third kappa shape index (κ3) is 11.0. The van der Waals surface area contributed by atoms with E-state index < -0.39 is 47.5 Å². The molecule has 16 heteroatoms. The Kier molecular flexibility index (Phi) is 15.6. The van der Waals surface area contributed by atoms with Gasteiger partial charge in [0.1, 0.15) is 68.2 Å². The number of carbonyl (C=O) groups is 4. The molecule has 4 amide bonds. The first kappa shape index (κ1) is 56.6. The van der Waals surface area contributed by atoms with Crippen molar-refractivity contribution in [1.29, 1.82) is 0 Å². The topological polar surface area (TPSA) is 158 Å². The number of rotatable bonds is 17. The second-order valence-corrected chi connectivity index (χ2v) is 21.4. The number of imide groups is 2. The van der Waals surface area contributed by atoms with Gasteiger partial charge in [0.05, 0.1) is 32.9 Å². The average Bonchev–Trinajstić information content (AvgIpc) is 1.60. The van der Waals surface area contributed by atoms with Gasteiger partial charge >= 0.3 is 0 Å². The van der Waals surface area contributed by atoms with Gasteiger partial charge in [-0.15, -0.1) is 0 Å². The van der Waals surface area contributed by atoms with Crippen molar-refractivity contribution in [3.63, 3.8) is 0 Å². The predicted molar refractivity (Wildman–Crippen MR) is 331 cm³/mol. The Hall–Kier alpha value is -11.5. The van der Waals surface area contributed by atoms with Crippen LogP contribution in [0.15, 0.2) is 243 Å². The van der Waals surface area contributed by atoms with Gasteiger partial charge in [-0.2, -0.15) is 0 Å². The van der Waals surface area contributed by atoms with Crippen LogP contribution in [0.2, 0.25) is 0 Å². The highest BCUT2D eigenvalue weighted by atomic mass is 19.1. The molecule has 2 aliphatic rings. The minimum Gasteiger partial charge on any atom is -0.505 e. The largest absolute Gasteiger partial charge is 0.505 e. The number of nitrogens with zero attached hydrogens (tertiary/aromatic N) is 6. The third-order valence-electron chi connectivity index (χ3n) is 15.8. The van der Waals surface area contributed by atoms with Crippen molar-refractivity contribution in [3.8, 4) is 23.0 Å². The summed E-state index contributed by atoms with van der Waals surface area (Å²) in [4.78, 5) is 67.9. The van der Waals surface area contributed by atoms with Crippen LogP contribution in [0.25, 0.3) is 22.1 Å². The molecule has 0 saturated carbocycles. The van der Waals surface area contributed by atoms with E-state index in [0.717, 1.165) is 43.2 Å². The van der Waals surface area contributed by atoms with E-state index in [1.807, 2.05) is 187 Å². The van der Waals surface area contributed by atoms with E-state index in [9.17, 15) is 33.1 Å². The number of phenolic OH excluding ortho intramolecular Hbond substituents is 1. The third-order valence-corrected chi connectivity index (χ3v) is 15.8. The summed E-state index contributed by atoms with van der Waals surface area (Å²) in [5, 5.41) is 11.7. The Balaban J connectivity index is 0.000000164. The maximum absolute atomic E-state index is 14.2. The first-order chi connectivity index (χ1) is 43.5. The molecular formula is C73H54F2N6O8. The number of carbonyl (C=O) groups excluding carboxylic acids is 4. The van der Waals surface area contributed by atoms with Crippen molar-refractivity contribution in [1.82, 2.24) is 28.9 Å². The van der Waals surface area contributed by atoms with E-state index in [4.69, 9.17) is 19.2 Å². The molecule has 10 aromatic carbocycles. The fraction of sp³-hybridized carbons (Fsp3) is 0.0959. The zero-order valence-corrected chi connectivity index (χ0v) is 47.8. The zero-order valence-electron chi connectivity index (χ0n) is 47.8. The molecule has 0 aliphatic carbocycles. The van der Waals surface area contributed by atoms with Gasteiger partial charge in [0.25, 0.3) is 23.6 Å². The number of hydrogen-bond donors (Lipinski definition) is 1. The summed E-state index contributed by atoms with van der Waals surface area (Å²) in [6.07, 6.45) is 1.99. The summed E-state index contributed by atoms with van der Waals surface area (Å²) in [5.41, 5.74) is 8.04. The van der Waals surface area contributed by atoms with Crippen LogP contribution in [-0.2, 0) is 26.2 Å². The van der Waals surface area contributed by atoms with Crippen molar-refractivity contribution in [2.24, 2.45) is 0 Å². The van der Waals surface area contributed by atoms with E-state index in [0.29, 0.717) is 35.2 Å². The van der Waals surface area contributed by atoms with Gasteiger partial charge in [-0.25, -0.2) is 18.7 Å². The molecule has 2 aliphatic heterocycles. The molecular weight excluding hydrogens is 1130 g/mol. The highest BCUT2D eigenvalue weighted by molar-refractivity contribution is 6.27. The van der Waals surface area contributed by atoms with Crippen LogP contribution in [-0.4, -0.2) is 64.7 Å². The fourth-order valence-corrected chi connectivity index (χ4v) is 11.5. The van der Waals surface area contributed by atoms with Crippen LogP contribution in [0.4, 0.5) is 8.78 Å². The molecule has 2 aromatic heterocycles. The molecule has 14 nitrogen and oxygen atoms in total. The van der Waals surface area contributed by atoms with E-state index in [2.05, 4.69) is 4.98 Å². The Morgan fingerprint density at radius 1 is 0.382 bits per heavy atom. The second kappa shape index (κ2) is 24.5. The first-order valence-electron chi connectivity index (χ1n) is 28.7. The summed E-state index contributed by atoms with van der Waals surface area (Å²) in [5.74, 6) is -2.96. The van der Waals surface area contributed by atoms with Crippen LogP contribution < -0.4 is 14.2 Å². The number of aromatic nitrogens is 4. The molecule has 14 rings (SSSR count). The Morgan fingerprint density at radius 3 is 1.06 bits per heavy atom. The number of phenols is 1. The lowest BCUT2D eigenvalue weighted by molar-refractivity contribution is 0.0624.